The first-order valence-corrected chi connectivity index (χ1v) is 18.1. The predicted molar refractivity (Wildman–Crippen MR) is 202 cm³/mol. The fourth-order valence-corrected chi connectivity index (χ4v) is 7.21. The first kappa shape index (κ1) is 36.6. The smallest absolute Gasteiger partial charge is 0.407 e. The van der Waals surface area contributed by atoms with Gasteiger partial charge in [-0.2, -0.15) is 0 Å². The van der Waals surface area contributed by atoms with Crippen LogP contribution in [0.15, 0.2) is 65.6 Å². The van der Waals surface area contributed by atoms with E-state index in [1.165, 1.54) is 4.90 Å². The summed E-state index contributed by atoms with van der Waals surface area (Å²) in [6.45, 7) is 9.70. The van der Waals surface area contributed by atoms with Crippen LogP contribution < -0.4 is 26.5 Å². The van der Waals surface area contributed by atoms with Crippen molar-refractivity contribution >= 4 is 40.4 Å². The first-order chi connectivity index (χ1) is 24.8. The highest BCUT2D eigenvalue weighted by Crippen LogP contribution is 2.34. The Morgan fingerprint density at radius 3 is 2.38 bits per heavy atom. The molecule has 4 aromatic rings. The van der Waals surface area contributed by atoms with E-state index in [1.807, 2.05) is 57.3 Å². The number of rotatable bonds is 10. The average Bonchev–Trinajstić information content (AvgIpc) is 3.49. The van der Waals surface area contributed by atoms with Crippen LogP contribution in [0.1, 0.15) is 52.0 Å². The molecule has 13 heteroatoms. The van der Waals surface area contributed by atoms with Crippen LogP contribution in [0, 0.1) is 11.8 Å². The third kappa shape index (κ3) is 9.00. The van der Waals surface area contributed by atoms with E-state index in [9.17, 15) is 19.2 Å². The minimum absolute atomic E-state index is 0.193. The van der Waals surface area contributed by atoms with E-state index in [-0.39, 0.29) is 29.9 Å². The second kappa shape index (κ2) is 15.6. The molecule has 1 aliphatic heterocycles. The molecule has 0 unspecified atom stereocenters. The molecule has 2 aromatic carbocycles. The van der Waals surface area contributed by atoms with Gasteiger partial charge in [-0.1, -0.05) is 24.3 Å². The maximum atomic E-state index is 14.5. The zero-order valence-corrected chi connectivity index (χ0v) is 30.5. The second-order valence-electron chi connectivity index (χ2n) is 15.1. The van der Waals surface area contributed by atoms with Gasteiger partial charge in [-0.3, -0.25) is 14.5 Å². The number of piperazine rings is 1. The maximum Gasteiger partial charge on any atom is 0.407 e. The number of likely N-dealkylation sites (N-methyl/N-ethyl adjacent to an activating group) is 1. The number of primary amides is 1. The highest BCUT2D eigenvalue weighted by molar-refractivity contribution is 6.02. The molecule has 3 amide bonds. The van der Waals surface area contributed by atoms with Crippen molar-refractivity contribution in [3.8, 4) is 11.1 Å². The number of ether oxygens (including phenoxy) is 1. The van der Waals surface area contributed by atoms with Crippen molar-refractivity contribution in [2.75, 3.05) is 49.6 Å². The third-order valence-electron chi connectivity index (χ3n) is 10.0. The highest BCUT2D eigenvalue weighted by Gasteiger charge is 2.36. The van der Waals surface area contributed by atoms with Gasteiger partial charge in [0.1, 0.15) is 17.5 Å². The molecule has 6 rings (SSSR count). The number of nitrogens with one attached hydrogen (secondary N) is 3. The summed E-state index contributed by atoms with van der Waals surface area (Å²) in [6.07, 6.45) is 4.22. The van der Waals surface area contributed by atoms with Crippen LogP contribution in [-0.2, 0) is 20.7 Å². The Bertz CT molecular complexity index is 1950. The lowest BCUT2D eigenvalue weighted by Crippen LogP contribution is -2.52. The Morgan fingerprint density at radius 1 is 0.962 bits per heavy atom. The number of hydrogen-bond donors (Lipinski definition) is 4. The first-order valence-electron chi connectivity index (χ1n) is 18.1. The summed E-state index contributed by atoms with van der Waals surface area (Å²) in [5.41, 5.74) is 9.62. The number of aromatic nitrogens is 3. The Kier molecular flexibility index (Phi) is 11.0. The lowest BCUT2D eigenvalue weighted by atomic mass is 9.81. The Balaban J connectivity index is 1.23. The Morgan fingerprint density at radius 2 is 1.67 bits per heavy atom. The molecular formula is C39H50N8O5. The monoisotopic (exact) mass is 710 g/mol. The van der Waals surface area contributed by atoms with Crippen molar-refractivity contribution in [1.82, 2.24) is 25.2 Å². The van der Waals surface area contributed by atoms with Crippen LogP contribution >= 0.6 is 0 Å². The molecule has 13 nitrogen and oxygen atoms in total. The minimum atomic E-state index is -0.990. The van der Waals surface area contributed by atoms with Gasteiger partial charge in [0.15, 0.2) is 0 Å². The normalized spacial score (nSPS) is 18.9. The summed E-state index contributed by atoms with van der Waals surface area (Å²) in [5, 5.41) is 2.86. The van der Waals surface area contributed by atoms with Gasteiger partial charge in [0.25, 0.3) is 0 Å². The number of anilines is 2. The van der Waals surface area contributed by atoms with Crippen molar-refractivity contribution < 1.29 is 19.1 Å². The fourth-order valence-electron chi connectivity index (χ4n) is 7.21. The van der Waals surface area contributed by atoms with Gasteiger partial charge < -0.3 is 35.6 Å². The predicted octanol–water partition coefficient (Wildman–Crippen LogP) is 4.43. The molecule has 1 saturated carbocycles. The number of fused-ring (bicyclic) bond motifs is 1. The highest BCUT2D eigenvalue weighted by atomic mass is 16.6. The van der Waals surface area contributed by atoms with Crippen LogP contribution in [-0.4, -0.2) is 89.2 Å². The van der Waals surface area contributed by atoms with Gasteiger partial charge in [-0.15, -0.1) is 0 Å². The molecule has 5 N–H and O–H groups in total. The molecular weight excluding hydrogens is 660 g/mol. The summed E-state index contributed by atoms with van der Waals surface area (Å²) >= 11 is 0. The summed E-state index contributed by atoms with van der Waals surface area (Å²) in [6, 6.07) is 16.2. The SMILES string of the molecule is CN1CCN(c2cc(-c3cccc(C[C@@H](C(N)=O)N(c4ccc5[nH]c(=O)[nH]c5c4)C(=O)[C@H]4CC[C@H](CNC(=O)OC(C)(C)C)CC4)c3)ccn2)CC1. The Labute approximate surface area is 303 Å². The molecule has 0 spiro atoms. The van der Waals surface area contributed by atoms with Crippen LogP contribution in [0.3, 0.4) is 0 Å². The second-order valence-corrected chi connectivity index (χ2v) is 15.1. The number of alkyl carbamates (subject to hydrolysis) is 1. The molecule has 276 valence electrons. The molecule has 3 heterocycles. The van der Waals surface area contributed by atoms with Crippen molar-refractivity contribution in [3.05, 3.63) is 76.8 Å². The quantitative estimate of drug-likeness (QED) is 0.187. The maximum absolute atomic E-state index is 14.5. The van der Waals surface area contributed by atoms with Crippen molar-refractivity contribution in [1.29, 1.82) is 0 Å². The molecule has 1 atom stereocenters. The van der Waals surface area contributed by atoms with Crippen LogP contribution in [0.5, 0.6) is 0 Å². The van der Waals surface area contributed by atoms with E-state index >= 15 is 0 Å². The van der Waals surface area contributed by atoms with Crippen LogP contribution in [0.2, 0.25) is 0 Å². The number of benzene rings is 2. The third-order valence-corrected chi connectivity index (χ3v) is 10.0. The van der Waals surface area contributed by atoms with Gasteiger partial charge in [0.05, 0.1) is 11.0 Å². The number of amides is 3. The number of carbonyl (C=O) groups is 3. The van der Waals surface area contributed by atoms with E-state index < -0.39 is 23.6 Å². The van der Waals surface area contributed by atoms with E-state index in [2.05, 4.69) is 43.2 Å². The van der Waals surface area contributed by atoms with Gasteiger partial charge in [-0.25, -0.2) is 14.6 Å². The summed E-state index contributed by atoms with van der Waals surface area (Å²) < 4.78 is 5.38. The molecule has 0 bridgehead atoms. The summed E-state index contributed by atoms with van der Waals surface area (Å²) in [4.78, 5) is 68.5. The molecule has 2 aliphatic rings. The van der Waals surface area contributed by atoms with E-state index in [1.54, 1.807) is 18.2 Å². The topological polar surface area (TPSA) is 170 Å². The minimum Gasteiger partial charge on any atom is -0.444 e. The molecule has 0 radical (unpaired) electrons. The number of pyridine rings is 1. The van der Waals surface area contributed by atoms with E-state index in [0.717, 1.165) is 61.5 Å². The number of aromatic amines is 2. The zero-order valence-electron chi connectivity index (χ0n) is 30.5. The number of hydrogen-bond acceptors (Lipinski definition) is 8. The molecule has 1 saturated heterocycles. The van der Waals surface area contributed by atoms with Gasteiger partial charge in [-0.05, 0) is 106 Å². The molecule has 1 aliphatic carbocycles. The molecule has 52 heavy (non-hydrogen) atoms. The zero-order chi connectivity index (χ0) is 37.0. The number of nitrogens with two attached hydrogens (primary N) is 1. The lowest BCUT2D eigenvalue weighted by molar-refractivity contribution is -0.127. The van der Waals surface area contributed by atoms with Crippen LogP contribution in [0.25, 0.3) is 22.2 Å². The summed E-state index contributed by atoms with van der Waals surface area (Å²) in [7, 11) is 2.12. The molecule has 2 fully saturated rings. The number of H-pyrrole nitrogens is 2. The lowest BCUT2D eigenvalue weighted by Gasteiger charge is -2.36. The van der Waals surface area contributed by atoms with Crippen molar-refractivity contribution in [2.45, 2.75) is 64.5 Å². The van der Waals surface area contributed by atoms with Crippen molar-refractivity contribution in [3.63, 3.8) is 0 Å². The fraction of sp³-hybridized carbons (Fsp3) is 0.462. The van der Waals surface area contributed by atoms with Gasteiger partial charge in [0.2, 0.25) is 11.8 Å². The van der Waals surface area contributed by atoms with E-state index in [4.69, 9.17) is 10.5 Å². The standard InChI is InChI=1S/C39H50N8O5/c1-39(2,3)52-38(51)42-24-25-8-10-27(11-9-25)36(49)47(30-12-13-31-32(23-30)44-37(50)43-31)33(35(40)48)21-26-6-5-7-28(20-26)29-14-15-41-34(22-29)46-18-16-45(4)17-19-46/h5-7,12-15,20,22-23,25,27,33H,8-11,16-19,21,24H2,1-4H3,(H2,40,48)(H,42,51)(H2,43,44,50)/t25-,27-,33-/m0/s1. The number of imidazole rings is 1. The number of carbonyl (C=O) groups excluding carboxylic acids is 3. The Hall–Kier alpha value is -5.17. The number of nitrogens with zero attached hydrogens (tertiary/aromatic N) is 4. The van der Waals surface area contributed by atoms with Gasteiger partial charge in [0, 0.05) is 56.9 Å². The average molecular weight is 711 g/mol. The largest absolute Gasteiger partial charge is 0.444 e. The van der Waals surface area contributed by atoms with Gasteiger partial charge >= 0.3 is 11.8 Å². The van der Waals surface area contributed by atoms with E-state index in [0.29, 0.717) is 36.1 Å². The molecule has 2 aromatic heterocycles. The summed E-state index contributed by atoms with van der Waals surface area (Å²) in [5.74, 6) is -0.0430. The van der Waals surface area contributed by atoms with Crippen molar-refractivity contribution in [2.24, 2.45) is 17.6 Å². The van der Waals surface area contributed by atoms with Crippen LogP contribution in [0.4, 0.5) is 16.3 Å².